The minimum absolute atomic E-state index is 0.0199. The predicted octanol–water partition coefficient (Wildman–Crippen LogP) is 3.99. The Balaban J connectivity index is 1.30. The van der Waals surface area contributed by atoms with E-state index < -0.39 is 41.7 Å². The van der Waals surface area contributed by atoms with E-state index in [4.69, 9.17) is 28.9 Å². The molecule has 6 atom stereocenters. The number of carbonyl (C=O) groups is 1. The lowest BCUT2D eigenvalue weighted by Gasteiger charge is -2.23. The van der Waals surface area contributed by atoms with Crippen molar-refractivity contribution in [1.82, 2.24) is 25.0 Å². The van der Waals surface area contributed by atoms with Crippen molar-refractivity contribution >= 4 is 34.7 Å². The summed E-state index contributed by atoms with van der Waals surface area (Å²) in [5.41, 5.74) is 1.76. The molecule has 220 valence electrons. The SMILES string of the molecule is CCCSc1nc(N[C@@H]2C[C@H]2c2ccc(F)c(F)c2)c2nnn([C@@H]3C[C@H](OCC(=O)OC)[C@H]4OC(C)(C)O[C@H]43)c2n1. The molecule has 2 saturated carbocycles. The van der Waals surface area contributed by atoms with Gasteiger partial charge in [0.1, 0.15) is 18.8 Å². The standard InChI is InChI=1S/C27H32F2N6O5S/c1-5-8-41-26-31-24(30-17-10-14(17)13-6-7-15(28)16(29)9-13)21-25(32-26)35(34-33-21)18-11-19(38-12-20(36)37-4)23-22(18)39-27(2,3)40-23/h6-7,9,14,17-19,22-23H,5,8,10-12H2,1-4H3,(H,30,31,32)/t14-,17+,18+,19-,22-,23+/m0/s1. The largest absolute Gasteiger partial charge is 0.467 e. The number of fused-ring (bicyclic) bond motifs is 2. The van der Waals surface area contributed by atoms with E-state index in [9.17, 15) is 13.6 Å². The normalized spacial score (nSPS) is 28.1. The molecule has 11 nitrogen and oxygen atoms in total. The summed E-state index contributed by atoms with van der Waals surface area (Å²) in [6.45, 7) is 5.55. The Kier molecular flexibility index (Phi) is 7.59. The first-order valence-corrected chi connectivity index (χ1v) is 14.7. The van der Waals surface area contributed by atoms with Gasteiger partial charge in [0.2, 0.25) is 0 Å². The summed E-state index contributed by atoms with van der Waals surface area (Å²) in [6, 6.07) is 3.67. The third-order valence-electron chi connectivity index (χ3n) is 7.56. The molecule has 1 saturated heterocycles. The zero-order chi connectivity index (χ0) is 28.9. The number of thioether (sulfide) groups is 1. The fourth-order valence-electron chi connectivity index (χ4n) is 5.58. The lowest BCUT2D eigenvalue weighted by Crippen LogP contribution is -2.32. The molecular formula is C27H32F2N6O5S. The third-order valence-corrected chi connectivity index (χ3v) is 8.62. The number of esters is 1. The summed E-state index contributed by atoms with van der Waals surface area (Å²) in [7, 11) is 1.31. The van der Waals surface area contributed by atoms with Crippen molar-refractivity contribution < 1.29 is 32.5 Å². The average molecular weight is 591 g/mol. The number of hydrogen-bond donors (Lipinski definition) is 1. The zero-order valence-corrected chi connectivity index (χ0v) is 24.0. The topological polar surface area (TPSA) is 123 Å². The number of hydrogen-bond acceptors (Lipinski definition) is 11. The molecule has 6 rings (SSSR count). The maximum atomic E-state index is 13.8. The van der Waals surface area contributed by atoms with Gasteiger partial charge in [-0.3, -0.25) is 0 Å². The Labute approximate surface area is 239 Å². The summed E-state index contributed by atoms with van der Waals surface area (Å²) in [4.78, 5) is 21.3. The Morgan fingerprint density at radius 2 is 2.00 bits per heavy atom. The van der Waals surface area contributed by atoms with Gasteiger partial charge >= 0.3 is 5.97 Å². The van der Waals surface area contributed by atoms with Crippen LogP contribution in [0.5, 0.6) is 0 Å². The van der Waals surface area contributed by atoms with Crippen LogP contribution in [-0.4, -0.2) is 80.5 Å². The van der Waals surface area contributed by atoms with Gasteiger partial charge < -0.3 is 24.3 Å². The van der Waals surface area contributed by atoms with Crippen LogP contribution in [0.25, 0.3) is 11.2 Å². The molecule has 3 aromatic rings. The van der Waals surface area contributed by atoms with Crippen LogP contribution in [0.3, 0.4) is 0 Å². The van der Waals surface area contributed by atoms with Gasteiger partial charge in [-0.15, -0.1) is 5.10 Å². The first-order chi connectivity index (χ1) is 19.7. The molecule has 3 aliphatic rings. The third kappa shape index (κ3) is 5.62. The van der Waals surface area contributed by atoms with Crippen molar-refractivity contribution in [2.75, 3.05) is 24.8 Å². The van der Waals surface area contributed by atoms with Gasteiger partial charge in [-0.2, -0.15) is 0 Å². The number of methoxy groups -OCH3 is 1. The lowest BCUT2D eigenvalue weighted by molar-refractivity contribution is -0.173. The molecule has 3 heterocycles. The molecule has 0 amide bonds. The molecule has 2 aromatic heterocycles. The second-order valence-electron chi connectivity index (χ2n) is 11.0. The molecule has 0 spiro atoms. The van der Waals surface area contributed by atoms with Gasteiger partial charge in [0.25, 0.3) is 0 Å². The molecule has 2 aliphatic carbocycles. The van der Waals surface area contributed by atoms with Crippen molar-refractivity contribution in [3.05, 3.63) is 35.4 Å². The predicted molar refractivity (Wildman–Crippen MR) is 144 cm³/mol. The van der Waals surface area contributed by atoms with E-state index in [-0.39, 0.29) is 24.6 Å². The molecule has 0 radical (unpaired) electrons. The maximum absolute atomic E-state index is 13.8. The van der Waals surface area contributed by atoms with Crippen molar-refractivity contribution in [3.63, 3.8) is 0 Å². The van der Waals surface area contributed by atoms with Crippen LogP contribution in [0.15, 0.2) is 23.4 Å². The molecule has 1 aromatic carbocycles. The van der Waals surface area contributed by atoms with E-state index in [0.717, 1.165) is 30.2 Å². The zero-order valence-electron chi connectivity index (χ0n) is 23.2. The summed E-state index contributed by atoms with van der Waals surface area (Å²) in [6.07, 6.45) is 0.896. The molecular weight excluding hydrogens is 558 g/mol. The van der Waals surface area contributed by atoms with E-state index in [0.29, 0.717) is 28.6 Å². The van der Waals surface area contributed by atoms with E-state index in [1.165, 1.54) is 24.9 Å². The molecule has 1 N–H and O–H groups in total. The number of carbonyl (C=O) groups excluding carboxylic acids is 1. The Hall–Kier alpha value is -2.94. The number of anilines is 1. The van der Waals surface area contributed by atoms with Crippen LogP contribution in [0.1, 0.15) is 57.6 Å². The number of benzene rings is 1. The smallest absolute Gasteiger partial charge is 0.331 e. The summed E-state index contributed by atoms with van der Waals surface area (Å²) in [5.74, 6) is -1.66. The molecule has 0 bridgehead atoms. The van der Waals surface area contributed by atoms with Crippen LogP contribution >= 0.6 is 11.8 Å². The highest BCUT2D eigenvalue weighted by atomic mass is 32.2. The highest BCUT2D eigenvalue weighted by Gasteiger charge is 2.56. The number of halogens is 2. The van der Waals surface area contributed by atoms with Gasteiger partial charge in [0, 0.05) is 24.1 Å². The van der Waals surface area contributed by atoms with Gasteiger partial charge in [0.15, 0.2) is 39.6 Å². The number of aromatic nitrogens is 5. The lowest BCUT2D eigenvalue weighted by atomic mass is 10.1. The fourth-order valence-corrected chi connectivity index (χ4v) is 6.27. The van der Waals surface area contributed by atoms with Crippen molar-refractivity contribution in [2.45, 2.75) is 87.3 Å². The first-order valence-electron chi connectivity index (χ1n) is 13.7. The average Bonchev–Trinajstić information content (AvgIpc) is 3.28. The maximum Gasteiger partial charge on any atom is 0.331 e. The number of rotatable bonds is 10. The van der Waals surface area contributed by atoms with Crippen molar-refractivity contribution in [3.8, 4) is 0 Å². The Morgan fingerprint density at radius 3 is 2.76 bits per heavy atom. The van der Waals surface area contributed by atoms with Crippen LogP contribution in [0.2, 0.25) is 0 Å². The van der Waals surface area contributed by atoms with Gasteiger partial charge in [-0.05, 0) is 44.4 Å². The van der Waals surface area contributed by atoms with E-state index >= 15 is 0 Å². The second-order valence-corrected chi connectivity index (χ2v) is 12.0. The van der Waals surface area contributed by atoms with Gasteiger partial charge in [-0.1, -0.05) is 30.0 Å². The quantitative estimate of drug-likeness (QED) is 0.209. The number of nitrogens with one attached hydrogen (secondary N) is 1. The molecule has 41 heavy (non-hydrogen) atoms. The minimum atomic E-state index is -0.863. The second kappa shape index (κ2) is 11.0. The van der Waals surface area contributed by atoms with Crippen LogP contribution in [0.4, 0.5) is 14.6 Å². The Bertz CT molecular complexity index is 1460. The van der Waals surface area contributed by atoms with E-state index in [1.807, 2.05) is 13.8 Å². The Morgan fingerprint density at radius 1 is 1.20 bits per heavy atom. The highest BCUT2D eigenvalue weighted by molar-refractivity contribution is 7.99. The summed E-state index contributed by atoms with van der Waals surface area (Å²) < 4.78 is 52.1. The van der Waals surface area contributed by atoms with Crippen LogP contribution < -0.4 is 5.32 Å². The highest BCUT2D eigenvalue weighted by Crippen LogP contribution is 2.47. The van der Waals surface area contributed by atoms with Crippen LogP contribution in [-0.2, 0) is 23.7 Å². The molecule has 0 unspecified atom stereocenters. The van der Waals surface area contributed by atoms with Crippen molar-refractivity contribution in [1.29, 1.82) is 0 Å². The van der Waals surface area contributed by atoms with Gasteiger partial charge in [0.05, 0.1) is 19.3 Å². The number of nitrogens with zero attached hydrogens (tertiary/aromatic N) is 5. The van der Waals surface area contributed by atoms with Crippen molar-refractivity contribution in [2.24, 2.45) is 0 Å². The summed E-state index contributed by atoms with van der Waals surface area (Å²) in [5, 5.41) is 12.9. The molecule has 3 fully saturated rings. The van der Waals surface area contributed by atoms with Crippen LogP contribution in [0, 0.1) is 11.6 Å². The monoisotopic (exact) mass is 590 g/mol. The number of ether oxygens (including phenoxy) is 4. The molecule has 14 heteroatoms. The van der Waals surface area contributed by atoms with Gasteiger partial charge in [-0.25, -0.2) is 28.2 Å². The fraction of sp³-hybridized carbons (Fsp3) is 0.593. The van der Waals surface area contributed by atoms with E-state index in [1.54, 1.807) is 10.7 Å². The van der Waals surface area contributed by atoms with E-state index in [2.05, 4.69) is 22.6 Å². The summed E-state index contributed by atoms with van der Waals surface area (Å²) >= 11 is 1.53. The molecule has 1 aliphatic heterocycles. The first kappa shape index (κ1) is 28.2. The minimum Gasteiger partial charge on any atom is -0.467 e.